The molecule has 28 heavy (non-hydrogen) atoms. The summed E-state index contributed by atoms with van der Waals surface area (Å²) in [6.45, 7) is 4.24. The third-order valence-corrected chi connectivity index (χ3v) is 6.24. The first-order valence-electron chi connectivity index (χ1n) is 10.0. The van der Waals surface area contributed by atoms with E-state index < -0.39 is 11.4 Å². The van der Waals surface area contributed by atoms with Crippen LogP contribution in [0.1, 0.15) is 54.9 Å². The summed E-state index contributed by atoms with van der Waals surface area (Å²) in [6.07, 6.45) is 3.40. The van der Waals surface area contributed by atoms with Gasteiger partial charge in [-0.15, -0.1) is 0 Å². The average Bonchev–Trinajstić information content (AvgIpc) is 3.35. The number of aliphatic carboxylic acids is 1. The highest BCUT2D eigenvalue weighted by Crippen LogP contribution is 2.52. The van der Waals surface area contributed by atoms with Gasteiger partial charge in [0.2, 0.25) is 0 Å². The maximum Gasteiger partial charge on any atom is 0.312 e. The molecule has 3 atom stereocenters. The molecular formula is C22H27N3O3. The first kappa shape index (κ1) is 18.7. The minimum atomic E-state index is -0.920. The summed E-state index contributed by atoms with van der Waals surface area (Å²) in [7, 11) is 0. The quantitative estimate of drug-likeness (QED) is 0.804. The number of H-pyrrole nitrogens is 1. The highest BCUT2D eigenvalue weighted by atomic mass is 16.4. The molecule has 1 amide bonds. The van der Waals surface area contributed by atoms with E-state index in [9.17, 15) is 14.7 Å². The topological polar surface area (TPSA) is 86.3 Å². The van der Waals surface area contributed by atoms with E-state index in [-0.39, 0.29) is 18.0 Å². The van der Waals surface area contributed by atoms with Crippen LogP contribution in [-0.4, -0.2) is 44.2 Å². The first-order valence-corrected chi connectivity index (χ1v) is 10.0. The van der Waals surface area contributed by atoms with E-state index in [1.807, 2.05) is 41.3 Å². The lowest BCUT2D eigenvalue weighted by atomic mass is 9.70. The summed E-state index contributed by atoms with van der Waals surface area (Å²) < 4.78 is 0. The Balaban J connectivity index is 1.60. The number of carboxylic acid groups (broad SMARTS) is 1. The zero-order valence-electron chi connectivity index (χ0n) is 16.4. The molecule has 1 aromatic carbocycles. The van der Waals surface area contributed by atoms with E-state index in [1.54, 1.807) is 0 Å². The van der Waals surface area contributed by atoms with Gasteiger partial charge in [-0.2, -0.15) is 5.10 Å². The second-order valence-electron chi connectivity index (χ2n) is 8.66. The number of aromatic nitrogens is 2. The fourth-order valence-electron chi connectivity index (χ4n) is 5.09. The van der Waals surface area contributed by atoms with Crippen molar-refractivity contribution >= 4 is 11.9 Å². The largest absolute Gasteiger partial charge is 0.481 e. The molecule has 2 bridgehead atoms. The number of carbonyl (C=O) groups excluding carboxylic acids is 1. The summed E-state index contributed by atoms with van der Waals surface area (Å²) in [5, 5.41) is 17.3. The molecule has 0 spiro atoms. The van der Waals surface area contributed by atoms with Crippen LogP contribution in [0.25, 0.3) is 0 Å². The Hall–Kier alpha value is -2.63. The minimum Gasteiger partial charge on any atom is -0.481 e. The van der Waals surface area contributed by atoms with Gasteiger partial charge in [-0.3, -0.25) is 14.7 Å². The lowest BCUT2D eigenvalue weighted by Gasteiger charge is -2.33. The highest BCUT2D eigenvalue weighted by molar-refractivity contribution is 5.94. The molecule has 2 fully saturated rings. The van der Waals surface area contributed by atoms with Gasteiger partial charge in [-0.05, 0) is 49.7 Å². The maximum absolute atomic E-state index is 13.2. The van der Waals surface area contributed by atoms with Gasteiger partial charge in [0.1, 0.15) is 5.69 Å². The van der Waals surface area contributed by atoms with Gasteiger partial charge < -0.3 is 10.0 Å². The Morgan fingerprint density at radius 2 is 2.04 bits per heavy atom. The third-order valence-electron chi connectivity index (χ3n) is 6.24. The second kappa shape index (κ2) is 7.08. The summed E-state index contributed by atoms with van der Waals surface area (Å²) in [5.41, 5.74) is 1.42. The minimum absolute atomic E-state index is 0.0254. The number of hydrogen-bond donors (Lipinski definition) is 2. The summed E-state index contributed by atoms with van der Waals surface area (Å²) in [4.78, 5) is 27.4. The van der Waals surface area contributed by atoms with Crippen molar-refractivity contribution in [3.63, 3.8) is 0 Å². The fraction of sp³-hybridized carbons (Fsp3) is 0.500. The molecule has 3 heterocycles. The van der Waals surface area contributed by atoms with Gasteiger partial charge in [0.05, 0.1) is 5.41 Å². The van der Waals surface area contributed by atoms with Crippen LogP contribution in [0, 0.1) is 11.3 Å². The zero-order valence-corrected chi connectivity index (χ0v) is 16.4. The lowest BCUT2D eigenvalue weighted by Crippen LogP contribution is -2.46. The molecule has 2 saturated heterocycles. The number of fused-ring (bicyclic) bond motifs is 2. The number of nitrogens with zero attached hydrogens (tertiary/aromatic N) is 2. The zero-order chi connectivity index (χ0) is 19.9. The van der Waals surface area contributed by atoms with Crippen molar-refractivity contribution in [3.05, 3.63) is 53.3 Å². The molecule has 2 aliphatic rings. The normalized spacial score (nSPS) is 26.2. The van der Waals surface area contributed by atoms with E-state index in [4.69, 9.17) is 0 Å². The van der Waals surface area contributed by atoms with E-state index in [2.05, 4.69) is 24.0 Å². The van der Waals surface area contributed by atoms with Crippen LogP contribution in [0.5, 0.6) is 0 Å². The van der Waals surface area contributed by atoms with Gasteiger partial charge >= 0.3 is 5.97 Å². The number of carboxylic acids is 1. The van der Waals surface area contributed by atoms with Gasteiger partial charge in [-0.1, -0.05) is 44.2 Å². The summed E-state index contributed by atoms with van der Waals surface area (Å²) in [6, 6.07) is 11.2. The van der Waals surface area contributed by atoms with Crippen molar-refractivity contribution in [2.75, 3.05) is 0 Å². The van der Waals surface area contributed by atoms with Crippen LogP contribution in [0.4, 0.5) is 0 Å². The molecule has 6 heteroatoms. The van der Waals surface area contributed by atoms with E-state index in [0.717, 1.165) is 30.5 Å². The molecule has 0 aliphatic carbocycles. The van der Waals surface area contributed by atoms with Gasteiger partial charge in [0.15, 0.2) is 0 Å². The number of hydrogen-bond acceptors (Lipinski definition) is 3. The van der Waals surface area contributed by atoms with Crippen molar-refractivity contribution in [1.82, 2.24) is 15.1 Å². The van der Waals surface area contributed by atoms with Crippen LogP contribution in [0.3, 0.4) is 0 Å². The number of carbonyl (C=O) groups is 2. The van der Waals surface area contributed by atoms with Gasteiger partial charge in [0, 0.05) is 17.8 Å². The lowest BCUT2D eigenvalue weighted by molar-refractivity contribution is -0.150. The Morgan fingerprint density at radius 1 is 1.29 bits per heavy atom. The SMILES string of the molecule is CC(C)Cc1cc(C(=O)N2[C@H]3CC[C@@H]2[C@](Cc2ccccc2)(C(=O)O)C3)n[nH]1. The first-order chi connectivity index (χ1) is 13.4. The molecule has 1 aromatic heterocycles. The number of benzene rings is 1. The van der Waals surface area contributed by atoms with Crippen molar-refractivity contribution in [2.24, 2.45) is 11.3 Å². The van der Waals surface area contributed by atoms with Gasteiger partial charge in [-0.25, -0.2) is 0 Å². The van der Waals surface area contributed by atoms with Crippen molar-refractivity contribution < 1.29 is 14.7 Å². The Labute approximate surface area is 164 Å². The second-order valence-corrected chi connectivity index (χ2v) is 8.66. The Kier molecular flexibility index (Phi) is 4.73. The standard InChI is InChI=1S/C22H27N3O3/c1-14(2)10-16-11-18(24-23-16)20(26)25-17-8-9-19(25)22(13-17,21(27)28)12-15-6-4-3-5-7-15/h3-7,11,14,17,19H,8-10,12-13H2,1-2H3,(H,23,24)(H,27,28)/t17-,19+,22+/m0/s1. The molecular weight excluding hydrogens is 354 g/mol. The number of aromatic amines is 1. The number of amides is 1. The highest BCUT2D eigenvalue weighted by Gasteiger charge is 2.61. The number of nitrogens with one attached hydrogen (secondary N) is 1. The molecule has 0 unspecified atom stereocenters. The van der Waals surface area contributed by atoms with Crippen LogP contribution in [0.2, 0.25) is 0 Å². The molecule has 2 N–H and O–H groups in total. The molecule has 0 radical (unpaired) electrons. The maximum atomic E-state index is 13.2. The predicted molar refractivity (Wildman–Crippen MR) is 105 cm³/mol. The monoisotopic (exact) mass is 381 g/mol. The Morgan fingerprint density at radius 3 is 2.71 bits per heavy atom. The third kappa shape index (κ3) is 3.11. The van der Waals surface area contributed by atoms with Crippen molar-refractivity contribution in [3.8, 4) is 0 Å². The predicted octanol–water partition coefficient (Wildman–Crippen LogP) is 3.30. The molecule has 6 nitrogen and oxygen atoms in total. The van der Waals surface area contributed by atoms with Crippen LogP contribution < -0.4 is 0 Å². The number of rotatable bonds is 6. The van der Waals surface area contributed by atoms with Crippen molar-refractivity contribution in [1.29, 1.82) is 0 Å². The van der Waals surface area contributed by atoms with Crippen LogP contribution >= 0.6 is 0 Å². The van der Waals surface area contributed by atoms with Crippen molar-refractivity contribution in [2.45, 2.75) is 58.0 Å². The van der Waals surface area contributed by atoms with Crippen LogP contribution in [0.15, 0.2) is 36.4 Å². The smallest absolute Gasteiger partial charge is 0.312 e. The van der Waals surface area contributed by atoms with E-state index >= 15 is 0 Å². The van der Waals surface area contributed by atoms with Crippen LogP contribution in [-0.2, 0) is 17.6 Å². The molecule has 0 saturated carbocycles. The Bertz CT molecular complexity index is 876. The fourth-order valence-corrected chi connectivity index (χ4v) is 5.09. The average molecular weight is 381 g/mol. The van der Waals surface area contributed by atoms with E-state index in [0.29, 0.717) is 24.5 Å². The van der Waals surface area contributed by atoms with Gasteiger partial charge in [0.25, 0.3) is 5.91 Å². The molecule has 2 aromatic rings. The van der Waals surface area contributed by atoms with E-state index in [1.165, 1.54) is 0 Å². The summed E-state index contributed by atoms with van der Waals surface area (Å²) in [5.74, 6) is -0.476. The molecule has 4 rings (SSSR count). The molecule has 148 valence electrons. The molecule has 2 aliphatic heterocycles. The summed E-state index contributed by atoms with van der Waals surface area (Å²) >= 11 is 0.